The summed E-state index contributed by atoms with van der Waals surface area (Å²) in [6.45, 7) is 4.79. The topological polar surface area (TPSA) is 78.1 Å². The van der Waals surface area contributed by atoms with E-state index in [4.69, 9.17) is 16.0 Å². The highest BCUT2D eigenvalue weighted by molar-refractivity contribution is 6.30. The largest absolute Gasteiger partial charge is 0.455 e. The van der Waals surface area contributed by atoms with Gasteiger partial charge in [-0.2, -0.15) is 5.26 Å². The normalized spacial score (nSPS) is 11.6. The molecular weight excluding hydrogens is 446 g/mol. The van der Waals surface area contributed by atoms with Crippen LogP contribution in [0.15, 0.2) is 77.2 Å². The standard InChI is InChI=1S/C28H24ClN3O2/c1-18(2)17-31-32-28(33)26-24-5-3-4-6-25(24)34-27(26)21-11-9-20(10-12-21)22(16-30)15-19-7-13-23(29)14-8-19/h3-15,18,31H,17H2,1-2H3,(H,32,33). The number of amides is 1. The Morgan fingerprint density at radius 2 is 1.76 bits per heavy atom. The molecule has 0 radical (unpaired) electrons. The number of para-hydroxylation sites is 1. The summed E-state index contributed by atoms with van der Waals surface area (Å²) in [6, 6.07) is 24.4. The van der Waals surface area contributed by atoms with Gasteiger partial charge in [0.15, 0.2) is 0 Å². The van der Waals surface area contributed by atoms with Gasteiger partial charge in [-0.15, -0.1) is 0 Å². The Morgan fingerprint density at radius 1 is 1.06 bits per heavy atom. The molecule has 170 valence electrons. The van der Waals surface area contributed by atoms with Crippen LogP contribution >= 0.6 is 11.6 Å². The minimum atomic E-state index is -0.259. The average Bonchev–Trinajstić information content (AvgIpc) is 3.23. The van der Waals surface area contributed by atoms with Crippen molar-refractivity contribution < 1.29 is 9.21 Å². The van der Waals surface area contributed by atoms with E-state index in [1.165, 1.54) is 0 Å². The number of fused-ring (bicyclic) bond motifs is 1. The van der Waals surface area contributed by atoms with Crippen LogP contribution in [0.25, 0.3) is 33.9 Å². The summed E-state index contributed by atoms with van der Waals surface area (Å²) in [5.41, 5.74) is 9.78. The average molecular weight is 470 g/mol. The number of nitrogens with zero attached hydrogens (tertiary/aromatic N) is 1. The highest BCUT2D eigenvalue weighted by Gasteiger charge is 2.22. The first-order valence-corrected chi connectivity index (χ1v) is 11.4. The van der Waals surface area contributed by atoms with Gasteiger partial charge >= 0.3 is 0 Å². The fourth-order valence-corrected chi connectivity index (χ4v) is 3.71. The molecule has 2 N–H and O–H groups in total. The zero-order valence-corrected chi connectivity index (χ0v) is 19.7. The van der Waals surface area contributed by atoms with Crippen molar-refractivity contribution >= 4 is 40.1 Å². The zero-order valence-electron chi connectivity index (χ0n) is 18.9. The molecule has 0 spiro atoms. The van der Waals surface area contributed by atoms with E-state index in [1.54, 1.807) is 12.1 Å². The van der Waals surface area contributed by atoms with Crippen LogP contribution in [0.3, 0.4) is 0 Å². The number of benzene rings is 3. The monoisotopic (exact) mass is 469 g/mol. The molecule has 4 rings (SSSR count). The molecule has 0 aliphatic rings. The third kappa shape index (κ3) is 5.20. The first-order chi connectivity index (χ1) is 16.5. The SMILES string of the molecule is CC(C)CNNC(=O)c1c(-c2ccc(C(C#N)=Cc3ccc(Cl)cc3)cc2)oc2ccccc12. The lowest BCUT2D eigenvalue weighted by molar-refractivity contribution is 0.0933. The van der Waals surface area contributed by atoms with Crippen molar-refractivity contribution in [3.05, 3.63) is 94.5 Å². The van der Waals surface area contributed by atoms with Crippen LogP contribution in [-0.4, -0.2) is 12.5 Å². The van der Waals surface area contributed by atoms with Gasteiger partial charge < -0.3 is 4.42 Å². The summed E-state index contributed by atoms with van der Waals surface area (Å²) in [6.07, 6.45) is 1.81. The van der Waals surface area contributed by atoms with Crippen molar-refractivity contribution in [1.82, 2.24) is 10.9 Å². The summed E-state index contributed by atoms with van der Waals surface area (Å²) in [5, 5.41) is 11.1. The quantitative estimate of drug-likeness (QED) is 0.179. The van der Waals surface area contributed by atoms with Crippen molar-refractivity contribution in [3.63, 3.8) is 0 Å². The molecule has 1 heterocycles. The molecule has 0 fully saturated rings. The molecule has 6 heteroatoms. The van der Waals surface area contributed by atoms with E-state index in [2.05, 4.69) is 30.8 Å². The molecule has 34 heavy (non-hydrogen) atoms. The molecule has 0 unspecified atom stereocenters. The van der Waals surface area contributed by atoms with Gasteiger partial charge in [0.25, 0.3) is 5.91 Å². The van der Waals surface area contributed by atoms with Crippen LogP contribution in [0.2, 0.25) is 5.02 Å². The second-order valence-electron chi connectivity index (χ2n) is 8.33. The smallest absolute Gasteiger partial charge is 0.269 e. The van der Waals surface area contributed by atoms with E-state index in [0.29, 0.717) is 40.0 Å². The number of rotatable bonds is 7. The van der Waals surface area contributed by atoms with Crippen LogP contribution in [0.1, 0.15) is 35.3 Å². The summed E-state index contributed by atoms with van der Waals surface area (Å²) >= 11 is 5.95. The third-order valence-corrected chi connectivity index (χ3v) is 5.55. The number of carbonyl (C=O) groups is 1. The molecule has 4 aromatic rings. The predicted molar refractivity (Wildman–Crippen MR) is 137 cm³/mol. The Bertz CT molecular complexity index is 1380. The molecular formula is C28H24ClN3O2. The van der Waals surface area contributed by atoms with Gasteiger partial charge in [-0.05, 0) is 41.3 Å². The minimum Gasteiger partial charge on any atom is -0.455 e. The number of hydrogen-bond acceptors (Lipinski definition) is 4. The fraction of sp³-hybridized carbons (Fsp3) is 0.143. The molecule has 0 atom stereocenters. The van der Waals surface area contributed by atoms with E-state index in [1.807, 2.05) is 66.7 Å². The Kier molecular flexibility index (Phi) is 7.12. The number of nitriles is 1. The Balaban J connectivity index is 1.67. The zero-order chi connectivity index (χ0) is 24.1. The molecule has 0 saturated heterocycles. The van der Waals surface area contributed by atoms with Crippen LogP contribution in [0.5, 0.6) is 0 Å². The van der Waals surface area contributed by atoms with E-state index < -0.39 is 0 Å². The minimum absolute atomic E-state index is 0.259. The predicted octanol–water partition coefficient (Wildman–Crippen LogP) is 6.71. The van der Waals surface area contributed by atoms with Crippen LogP contribution < -0.4 is 10.9 Å². The van der Waals surface area contributed by atoms with Crippen molar-refractivity contribution in [2.24, 2.45) is 5.92 Å². The molecule has 0 saturated carbocycles. The Labute approximate surface area is 203 Å². The van der Waals surface area contributed by atoms with Crippen LogP contribution in [0, 0.1) is 17.2 Å². The van der Waals surface area contributed by atoms with Gasteiger partial charge in [0, 0.05) is 22.5 Å². The number of hydrazine groups is 1. The first-order valence-electron chi connectivity index (χ1n) is 11.0. The molecule has 3 aromatic carbocycles. The fourth-order valence-electron chi connectivity index (χ4n) is 3.58. The van der Waals surface area contributed by atoms with Crippen molar-refractivity contribution in [3.8, 4) is 17.4 Å². The van der Waals surface area contributed by atoms with E-state index in [0.717, 1.165) is 22.1 Å². The summed E-state index contributed by atoms with van der Waals surface area (Å²) < 4.78 is 6.09. The molecule has 0 bridgehead atoms. The number of nitrogens with one attached hydrogen (secondary N) is 2. The third-order valence-electron chi connectivity index (χ3n) is 5.29. The second-order valence-corrected chi connectivity index (χ2v) is 8.77. The van der Waals surface area contributed by atoms with E-state index in [-0.39, 0.29) is 5.91 Å². The van der Waals surface area contributed by atoms with Gasteiger partial charge in [-0.1, -0.05) is 80.0 Å². The first kappa shape index (κ1) is 23.3. The maximum Gasteiger partial charge on any atom is 0.269 e. The Morgan fingerprint density at radius 3 is 2.44 bits per heavy atom. The second kappa shape index (κ2) is 10.4. The van der Waals surface area contributed by atoms with Gasteiger partial charge in [0.05, 0.1) is 17.2 Å². The number of halogens is 1. The lowest BCUT2D eigenvalue weighted by Crippen LogP contribution is -2.39. The van der Waals surface area contributed by atoms with Gasteiger partial charge in [0.1, 0.15) is 11.3 Å². The van der Waals surface area contributed by atoms with Crippen molar-refractivity contribution in [2.45, 2.75) is 13.8 Å². The van der Waals surface area contributed by atoms with Gasteiger partial charge in [-0.25, -0.2) is 5.43 Å². The highest BCUT2D eigenvalue weighted by atomic mass is 35.5. The lowest BCUT2D eigenvalue weighted by atomic mass is 10.00. The number of hydrogen-bond donors (Lipinski definition) is 2. The summed E-state index contributed by atoms with van der Waals surface area (Å²) in [5.74, 6) is 0.616. The Hall–Kier alpha value is -3.85. The van der Waals surface area contributed by atoms with Gasteiger partial charge in [-0.3, -0.25) is 10.2 Å². The van der Waals surface area contributed by atoms with E-state index in [9.17, 15) is 10.1 Å². The van der Waals surface area contributed by atoms with Crippen LogP contribution in [-0.2, 0) is 0 Å². The summed E-state index contributed by atoms with van der Waals surface area (Å²) in [4.78, 5) is 13.0. The number of carbonyl (C=O) groups excluding carboxylic acids is 1. The number of allylic oxidation sites excluding steroid dienone is 1. The van der Waals surface area contributed by atoms with Gasteiger partial charge in [0.2, 0.25) is 0 Å². The molecule has 5 nitrogen and oxygen atoms in total. The molecule has 0 aliphatic heterocycles. The molecule has 1 aromatic heterocycles. The molecule has 0 aliphatic carbocycles. The van der Waals surface area contributed by atoms with Crippen molar-refractivity contribution in [1.29, 1.82) is 5.26 Å². The van der Waals surface area contributed by atoms with Crippen LogP contribution in [0.4, 0.5) is 0 Å². The van der Waals surface area contributed by atoms with E-state index >= 15 is 0 Å². The number of furan rings is 1. The maximum absolute atomic E-state index is 13.0. The molecule has 1 amide bonds. The summed E-state index contributed by atoms with van der Waals surface area (Å²) in [7, 11) is 0. The highest BCUT2D eigenvalue weighted by Crippen LogP contribution is 2.34. The van der Waals surface area contributed by atoms with Crippen molar-refractivity contribution in [2.75, 3.05) is 6.54 Å². The lowest BCUT2D eigenvalue weighted by Gasteiger charge is -2.10. The maximum atomic E-state index is 13.0.